The van der Waals surface area contributed by atoms with Gasteiger partial charge in [-0.2, -0.15) is 9.35 Å². The van der Waals surface area contributed by atoms with Crippen molar-refractivity contribution in [3.63, 3.8) is 0 Å². The molecule has 2 N–H and O–H groups in total. The number of benzene rings is 1. The van der Waals surface area contributed by atoms with E-state index in [1.165, 1.54) is 5.56 Å². The Balaban J connectivity index is 1.45. The summed E-state index contributed by atoms with van der Waals surface area (Å²) in [6.07, 6.45) is 4.78. The molecule has 0 amide bonds. The van der Waals surface area contributed by atoms with E-state index in [1.807, 2.05) is 38.1 Å². The van der Waals surface area contributed by atoms with E-state index in [9.17, 15) is 13.5 Å². The molecule has 34 heavy (non-hydrogen) atoms. The van der Waals surface area contributed by atoms with Crippen LogP contribution in [0, 0.1) is 0 Å². The summed E-state index contributed by atoms with van der Waals surface area (Å²) < 4.78 is 31.0. The van der Waals surface area contributed by atoms with Gasteiger partial charge in [0.2, 0.25) is 0 Å². The highest BCUT2D eigenvalue weighted by Gasteiger charge is 2.43. The zero-order valence-corrected chi connectivity index (χ0v) is 21.9. The van der Waals surface area contributed by atoms with Gasteiger partial charge in [0.05, 0.1) is 43.1 Å². The van der Waals surface area contributed by atoms with Gasteiger partial charge >= 0.3 is 0 Å². The fourth-order valence-corrected chi connectivity index (χ4v) is 8.68. The highest BCUT2D eigenvalue weighted by Crippen LogP contribution is 2.43. The van der Waals surface area contributed by atoms with E-state index in [0.717, 1.165) is 32.1 Å². The highest BCUT2D eigenvalue weighted by molar-refractivity contribution is 7.93. The summed E-state index contributed by atoms with van der Waals surface area (Å²) in [6, 6.07) is 7.87. The van der Waals surface area contributed by atoms with Crippen molar-refractivity contribution in [2.75, 3.05) is 23.4 Å². The van der Waals surface area contributed by atoms with Crippen LogP contribution in [0.4, 0.5) is 11.8 Å². The molecule has 7 nitrogen and oxygen atoms in total. The van der Waals surface area contributed by atoms with Gasteiger partial charge < -0.3 is 10.4 Å². The van der Waals surface area contributed by atoms with Gasteiger partial charge in [-0.05, 0) is 69.6 Å². The molecule has 0 radical (unpaired) electrons. The maximum Gasteiger partial charge on any atom is 0.259 e. The molecular formula is C24H31ClN4O3S2. The molecule has 1 atom stereocenters. The predicted molar refractivity (Wildman–Crippen MR) is 137 cm³/mol. The van der Waals surface area contributed by atoms with Gasteiger partial charge in [0.25, 0.3) is 5.95 Å². The van der Waals surface area contributed by atoms with Crippen molar-refractivity contribution < 1.29 is 13.5 Å². The Bertz CT molecular complexity index is 1230. The molecule has 0 spiro atoms. The lowest BCUT2D eigenvalue weighted by Gasteiger charge is -2.41. The smallest absolute Gasteiger partial charge is 0.259 e. The first-order valence-electron chi connectivity index (χ1n) is 11.8. The van der Waals surface area contributed by atoms with Crippen molar-refractivity contribution in [3.8, 4) is 0 Å². The average Bonchev–Trinajstić information content (AvgIpc) is 3.00. The number of hydrogen-bond acceptors (Lipinski definition) is 7. The van der Waals surface area contributed by atoms with Gasteiger partial charge in [-0.3, -0.25) is 4.21 Å². The number of aliphatic hydroxyl groups excluding tert-OH is 1. The number of aliphatic hydroxyl groups is 1. The highest BCUT2D eigenvalue weighted by atomic mass is 35.5. The third kappa shape index (κ3) is 4.52. The number of aromatic nitrogens is 2. The first-order valence-corrected chi connectivity index (χ1v) is 15.2. The minimum absolute atomic E-state index is 0.0168. The van der Waals surface area contributed by atoms with Gasteiger partial charge in [-0.15, -0.1) is 0 Å². The quantitative estimate of drug-likeness (QED) is 0.595. The molecule has 0 unspecified atom stereocenters. The molecule has 3 heterocycles. The molecule has 184 valence electrons. The van der Waals surface area contributed by atoms with Crippen LogP contribution in [-0.2, 0) is 26.9 Å². The van der Waals surface area contributed by atoms with Gasteiger partial charge in [0, 0.05) is 22.9 Å². The van der Waals surface area contributed by atoms with Crippen LogP contribution in [0.5, 0.6) is 0 Å². The molecule has 2 fully saturated rings. The second-order valence-corrected chi connectivity index (χ2v) is 15.4. The number of anilines is 1. The zero-order chi connectivity index (χ0) is 24.1. The summed E-state index contributed by atoms with van der Waals surface area (Å²) >= 11 is 6.02. The number of nitrogens with zero attached hydrogens (tertiary/aromatic N) is 3. The van der Waals surface area contributed by atoms with Crippen LogP contribution < -0.4 is 5.32 Å². The van der Waals surface area contributed by atoms with E-state index in [2.05, 4.69) is 19.6 Å². The lowest BCUT2D eigenvalue weighted by atomic mass is 9.77. The molecule has 1 aliphatic carbocycles. The Labute approximate surface area is 208 Å². The van der Waals surface area contributed by atoms with Crippen molar-refractivity contribution in [1.82, 2.24) is 9.97 Å². The van der Waals surface area contributed by atoms with Crippen molar-refractivity contribution in [1.29, 1.82) is 0 Å². The Morgan fingerprint density at radius 2 is 1.88 bits per heavy atom. The topological polar surface area (TPSA) is 105 Å². The van der Waals surface area contributed by atoms with Gasteiger partial charge in [-0.1, -0.05) is 23.7 Å². The first kappa shape index (κ1) is 24.2. The predicted octanol–water partition coefficient (Wildman–Crippen LogP) is 4.58. The minimum Gasteiger partial charge on any atom is -0.394 e. The first-order chi connectivity index (χ1) is 16.1. The standard InChI is InChI=1S/C24H31ClN4O3S2/c1-23(2)14-19-20(33(23)31)21(28-24(15-30)10-3-11-24)27-22(26-19)29-34(32)12-8-17(9-13-34)16-4-6-18(25)7-5-16/h4-7,17,30H,3,8-15H2,1-2H3,(H,26,27,28)/t17?,33-,34?/m1/s1. The maximum absolute atomic E-state index is 13.6. The molecular weight excluding hydrogens is 492 g/mol. The van der Waals surface area contributed by atoms with Crippen LogP contribution >= 0.6 is 11.6 Å². The average molecular weight is 523 g/mol. The number of rotatable bonds is 5. The van der Waals surface area contributed by atoms with E-state index in [0.29, 0.717) is 45.3 Å². The van der Waals surface area contributed by atoms with Crippen molar-refractivity contribution in [3.05, 3.63) is 40.5 Å². The van der Waals surface area contributed by atoms with E-state index in [-0.39, 0.29) is 12.6 Å². The molecule has 2 aromatic rings. The summed E-state index contributed by atoms with van der Waals surface area (Å²) in [4.78, 5) is 9.84. The summed E-state index contributed by atoms with van der Waals surface area (Å²) in [5.74, 6) is 1.98. The Morgan fingerprint density at radius 3 is 2.47 bits per heavy atom. The van der Waals surface area contributed by atoms with Gasteiger partial charge in [0.15, 0.2) is 0 Å². The Hall–Kier alpha value is -1.55. The van der Waals surface area contributed by atoms with E-state index >= 15 is 0 Å². The Morgan fingerprint density at radius 1 is 1.21 bits per heavy atom. The van der Waals surface area contributed by atoms with Gasteiger partial charge in [-0.25, -0.2) is 9.19 Å². The molecule has 2 aliphatic heterocycles. The Kier molecular flexibility index (Phi) is 6.28. The van der Waals surface area contributed by atoms with Crippen LogP contribution in [0.25, 0.3) is 0 Å². The van der Waals surface area contributed by atoms with Crippen LogP contribution in [0.2, 0.25) is 5.02 Å². The number of nitrogens with one attached hydrogen (secondary N) is 1. The van der Waals surface area contributed by atoms with Gasteiger partial charge in [0.1, 0.15) is 10.7 Å². The van der Waals surface area contributed by atoms with Crippen molar-refractivity contribution in [2.45, 2.75) is 73.5 Å². The zero-order valence-electron chi connectivity index (χ0n) is 19.6. The number of hydrogen-bond donors (Lipinski definition) is 2. The molecule has 1 aromatic heterocycles. The van der Waals surface area contributed by atoms with E-state index in [1.54, 1.807) is 0 Å². The number of fused-ring (bicyclic) bond motifs is 1. The molecule has 1 saturated carbocycles. The lowest BCUT2D eigenvalue weighted by molar-refractivity contribution is 0.143. The second-order valence-electron chi connectivity index (χ2n) is 10.4. The van der Waals surface area contributed by atoms with Crippen molar-refractivity contribution >= 4 is 43.9 Å². The molecule has 1 aromatic carbocycles. The third-order valence-electron chi connectivity index (χ3n) is 7.36. The SMILES string of the molecule is CC1(C)Cc2nc(N=S3(=O)CCC(c4ccc(Cl)cc4)CC3)nc(NC3(CO)CCC3)c2[S@]1=O. The third-order valence-corrected chi connectivity index (χ3v) is 11.8. The monoisotopic (exact) mass is 522 g/mol. The molecule has 1 saturated heterocycles. The molecule has 5 rings (SSSR count). The number of halogens is 1. The lowest BCUT2D eigenvalue weighted by Crippen LogP contribution is -2.48. The normalized spacial score (nSPS) is 29.2. The summed E-state index contributed by atoms with van der Waals surface area (Å²) in [5, 5.41) is 14.1. The van der Waals surface area contributed by atoms with Crippen LogP contribution in [0.3, 0.4) is 0 Å². The summed E-state index contributed by atoms with van der Waals surface area (Å²) in [5.41, 5.74) is 1.46. The second kappa shape index (κ2) is 8.84. The maximum atomic E-state index is 13.6. The van der Waals surface area contributed by atoms with E-state index < -0.39 is 30.8 Å². The fraction of sp³-hybridized carbons (Fsp3) is 0.583. The summed E-state index contributed by atoms with van der Waals surface area (Å²) in [6.45, 7) is 3.89. The van der Waals surface area contributed by atoms with Crippen LogP contribution in [-0.4, -0.2) is 51.9 Å². The minimum atomic E-state index is -2.49. The fourth-order valence-electron chi connectivity index (χ4n) is 5.05. The van der Waals surface area contributed by atoms with Crippen molar-refractivity contribution in [2.24, 2.45) is 4.36 Å². The molecule has 10 heteroatoms. The largest absolute Gasteiger partial charge is 0.394 e. The summed E-state index contributed by atoms with van der Waals surface area (Å²) in [7, 11) is -3.77. The molecule has 3 aliphatic rings. The van der Waals surface area contributed by atoms with Crippen LogP contribution in [0.1, 0.15) is 63.1 Å². The molecule has 0 bridgehead atoms. The van der Waals surface area contributed by atoms with Crippen LogP contribution in [0.15, 0.2) is 33.5 Å². The van der Waals surface area contributed by atoms with E-state index in [4.69, 9.17) is 11.6 Å².